The van der Waals surface area contributed by atoms with E-state index >= 15 is 0 Å². The monoisotopic (exact) mass is 285 g/mol. The number of carbonyl (C=O) groups is 1. The third-order valence-electron chi connectivity index (χ3n) is 4.54. The molecule has 0 aromatic rings. The number of nitrogens with zero attached hydrogens (tertiary/aromatic N) is 1. The summed E-state index contributed by atoms with van der Waals surface area (Å²) < 4.78 is 0. The number of hydrogen-bond acceptors (Lipinski definition) is 4. The molecule has 1 saturated heterocycles. The van der Waals surface area contributed by atoms with E-state index in [9.17, 15) is 4.79 Å². The fourth-order valence-corrected chi connectivity index (χ4v) is 4.02. The van der Waals surface area contributed by atoms with Gasteiger partial charge in [-0.1, -0.05) is 6.42 Å². The van der Waals surface area contributed by atoms with E-state index in [0.29, 0.717) is 11.3 Å². The van der Waals surface area contributed by atoms with E-state index in [1.807, 2.05) is 11.8 Å². The van der Waals surface area contributed by atoms with Gasteiger partial charge in [0.05, 0.1) is 5.54 Å². The van der Waals surface area contributed by atoms with Crippen molar-refractivity contribution in [2.45, 2.75) is 49.9 Å². The molecule has 1 heterocycles. The van der Waals surface area contributed by atoms with E-state index in [-0.39, 0.29) is 5.91 Å². The first-order valence-electron chi connectivity index (χ1n) is 7.35. The minimum absolute atomic E-state index is 0.195. The first kappa shape index (κ1) is 15.1. The number of rotatable bonds is 4. The summed E-state index contributed by atoms with van der Waals surface area (Å²) in [5, 5.41) is 7.23. The van der Waals surface area contributed by atoms with E-state index < -0.39 is 5.54 Å². The zero-order chi connectivity index (χ0) is 13.9. The molecule has 0 aromatic carbocycles. The second-order valence-electron chi connectivity index (χ2n) is 6.08. The first-order valence-corrected chi connectivity index (χ1v) is 8.64. The third-order valence-corrected chi connectivity index (χ3v) is 5.70. The SMILES string of the molecule is CSC1CCCC1NC(=O)C(C)(C)N1CCNCC1. The molecule has 2 aliphatic rings. The molecule has 1 aliphatic carbocycles. The van der Waals surface area contributed by atoms with Crippen LogP contribution in [0.1, 0.15) is 33.1 Å². The molecular formula is C14H27N3OS. The highest BCUT2D eigenvalue weighted by molar-refractivity contribution is 7.99. The molecule has 0 bridgehead atoms. The minimum atomic E-state index is -0.395. The minimum Gasteiger partial charge on any atom is -0.351 e. The lowest BCUT2D eigenvalue weighted by molar-refractivity contribution is -0.132. The van der Waals surface area contributed by atoms with Crippen LogP contribution in [0.5, 0.6) is 0 Å². The van der Waals surface area contributed by atoms with Crippen molar-refractivity contribution in [1.82, 2.24) is 15.5 Å². The molecule has 2 rings (SSSR count). The highest BCUT2D eigenvalue weighted by Gasteiger charge is 2.38. The summed E-state index contributed by atoms with van der Waals surface area (Å²) >= 11 is 1.89. The van der Waals surface area contributed by atoms with Crippen LogP contribution in [-0.4, -0.2) is 60.1 Å². The molecule has 0 radical (unpaired) electrons. The Morgan fingerprint density at radius 2 is 2.00 bits per heavy atom. The number of nitrogens with one attached hydrogen (secondary N) is 2. The van der Waals surface area contributed by atoms with Crippen molar-refractivity contribution in [3.05, 3.63) is 0 Å². The summed E-state index contributed by atoms with van der Waals surface area (Å²) in [5.41, 5.74) is -0.395. The van der Waals surface area contributed by atoms with Gasteiger partial charge in [0.15, 0.2) is 0 Å². The van der Waals surface area contributed by atoms with Crippen LogP contribution < -0.4 is 10.6 Å². The van der Waals surface area contributed by atoms with E-state index in [1.54, 1.807) is 0 Å². The fraction of sp³-hybridized carbons (Fsp3) is 0.929. The Hall–Kier alpha value is -0.260. The van der Waals surface area contributed by atoms with Gasteiger partial charge in [0.2, 0.25) is 5.91 Å². The Balaban J connectivity index is 1.93. The maximum Gasteiger partial charge on any atom is 0.240 e. The highest BCUT2D eigenvalue weighted by Crippen LogP contribution is 2.29. The molecular weight excluding hydrogens is 258 g/mol. The van der Waals surface area contributed by atoms with Crippen LogP contribution in [0.2, 0.25) is 0 Å². The third kappa shape index (κ3) is 3.44. The number of amides is 1. The maximum atomic E-state index is 12.6. The molecule has 1 aliphatic heterocycles. The van der Waals surface area contributed by atoms with Crippen molar-refractivity contribution in [2.24, 2.45) is 0 Å². The largest absolute Gasteiger partial charge is 0.351 e. The smallest absolute Gasteiger partial charge is 0.240 e. The van der Waals surface area contributed by atoms with Gasteiger partial charge in [0.1, 0.15) is 0 Å². The van der Waals surface area contributed by atoms with Gasteiger partial charge in [0.25, 0.3) is 0 Å². The zero-order valence-corrected chi connectivity index (χ0v) is 13.2. The zero-order valence-electron chi connectivity index (χ0n) is 12.4. The van der Waals surface area contributed by atoms with Gasteiger partial charge in [-0.25, -0.2) is 0 Å². The average molecular weight is 285 g/mol. The van der Waals surface area contributed by atoms with Gasteiger partial charge in [-0.05, 0) is 32.9 Å². The van der Waals surface area contributed by atoms with Crippen LogP contribution in [0.4, 0.5) is 0 Å². The van der Waals surface area contributed by atoms with Crippen molar-refractivity contribution in [3.63, 3.8) is 0 Å². The maximum absolute atomic E-state index is 12.6. The summed E-state index contributed by atoms with van der Waals surface area (Å²) in [5.74, 6) is 0.195. The molecule has 2 atom stereocenters. The van der Waals surface area contributed by atoms with Crippen molar-refractivity contribution < 1.29 is 4.79 Å². The van der Waals surface area contributed by atoms with Crippen LogP contribution >= 0.6 is 11.8 Å². The van der Waals surface area contributed by atoms with Gasteiger partial charge < -0.3 is 10.6 Å². The molecule has 1 saturated carbocycles. The first-order chi connectivity index (χ1) is 9.05. The lowest BCUT2D eigenvalue weighted by Crippen LogP contribution is -2.61. The van der Waals surface area contributed by atoms with Crippen molar-refractivity contribution in [2.75, 3.05) is 32.4 Å². The van der Waals surface area contributed by atoms with Crippen molar-refractivity contribution in [3.8, 4) is 0 Å². The van der Waals surface area contributed by atoms with Gasteiger partial charge in [-0.3, -0.25) is 9.69 Å². The normalized spacial score (nSPS) is 29.4. The Morgan fingerprint density at radius 1 is 1.32 bits per heavy atom. The summed E-state index contributed by atoms with van der Waals surface area (Å²) in [6.45, 7) is 7.97. The van der Waals surface area contributed by atoms with Gasteiger partial charge in [-0.2, -0.15) is 11.8 Å². The van der Waals surface area contributed by atoms with E-state index in [2.05, 4.69) is 35.6 Å². The predicted molar refractivity (Wildman–Crippen MR) is 81.6 cm³/mol. The van der Waals surface area contributed by atoms with Crippen LogP contribution in [0.15, 0.2) is 0 Å². The summed E-state index contributed by atoms with van der Waals surface area (Å²) in [6.07, 6.45) is 5.76. The number of carbonyl (C=O) groups excluding carboxylic acids is 1. The summed E-state index contributed by atoms with van der Waals surface area (Å²) in [4.78, 5) is 14.9. The highest BCUT2D eigenvalue weighted by atomic mass is 32.2. The fourth-order valence-electron chi connectivity index (χ4n) is 3.09. The van der Waals surface area contributed by atoms with Crippen LogP contribution in [0.25, 0.3) is 0 Å². The standard InChI is InChI=1S/C14H27N3OS/c1-14(2,17-9-7-15-8-10-17)13(18)16-11-5-4-6-12(11)19-3/h11-12,15H,4-10H2,1-3H3,(H,16,18). The van der Waals surface area contributed by atoms with E-state index in [4.69, 9.17) is 0 Å². The lowest BCUT2D eigenvalue weighted by atomic mass is 9.99. The molecule has 2 N–H and O–H groups in total. The molecule has 5 heteroatoms. The van der Waals surface area contributed by atoms with Crippen molar-refractivity contribution in [1.29, 1.82) is 0 Å². The van der Waals surface area contributed by atoms with Gasteiger partial charge >= 0.3 is 0 Å². The van der Waals surface area contributed by atoms with E-state index in [0.717, 1.165) is 32.6 Å². The molecule has 1 amide bonds. The number of piperazine rings is 1. The quantitative estimate of drug-likeness (QED) is 0.811. The van der Waals surface area contributed by atoms with Gasteiger partial charge in [0, 0.05) is 37.5 Å². The Kier molecular flexibility index (Phi) is 5.15. The van der Waals surface area contributed by atoms with Crippen LogP contribution in [-0.2, 0) is 4.79 Å². The van der Waals surface area contributed by atoms with Gasteiger partial charge in [-0.15, -0.1) is 0 Å². The Morgan fingerprint density at radius 3 is 2.63 bits per heavy atom. The molecule has 2 fully saturated rings. The topological polar surface area (TPSA) is 44.4 Å². The van der Waals surface area contributed by atoms with E-state index in [1.165, 1.54) is 12.8 Å². The molecule has 19 heavy (non-hydrogen) atoms. The van der Waals surface area contributed by atoms with Crippen LogP contribution in [0.3, 0.4) is 0 Å². The lowest BCUT2D eigenvalue weighted by Gasteiger charge is -2.40. The summed E-state index contributed by atoms with van der Waals surface area (Å²) in [7, 11) is 0. The summed E-state index contributed by atoms with van der Waals surface area (Å²) in [6, 6.07) is 0.365. The second-order valence-corrected chi connectivity index (χ2v) is 7.16. The number of thioether (sulfide) groups is 1. The number of hydrogen-bond donors (Lipinski definition) is 2. The predicted octanol–water partition coefficient (Wildman–Crippen LogP) is 1.07. The molecule has 4 nitrogen and oxygen atoms in total. The average Bonchev–Trinajstić information content (AvgIpc) is 2.87. The Bertz CT molecular complexity index is 316. The molecule has 2 unspecified atom stereocenters. The Labute approximate surface area is 121 Å². The molecule has 110 valence electrons. The van der Waals surface area contributed by atoms with Crippen LogP contribution in [0, 0.1) is 0 Å². The second kappa shape index (κ2) is 6.46. The molecule has 0 aromatic heterocycles. The van der Waals surface area contributed by atoms with Crippen molar-refractivity contribution >= 4 is 17.7 Å². The molecule has 0 spiro atoms.